The molecule has 0 atom stereocenters. The summed E-state index contributed by atoms with van der Waals surface area (Å²) in [6.45, 7) is 4.37. The van der Waals surface area contributed by atoms with Crippen molar-refractivity contribution in [2.45, 2.75) is 25.3 Å². The van der Waals surface area contributed by atoms with E-state index in [2.05, 4.69) is 9.71 Å². The number of sulfonamides is 1. The summed E-state index contributed by atoms with van der Waals surface area (Å²) in [6, 6.07) is 16.6. The minimum Gasteiger partial charge on any atom is -0.310 e. The lowest BCUT2D eigenvalue weighted by molar-refractivity contribution is 0.600. The van der Waals surface area contributed by atoms with Crippen LogP contribution in [0.5, 0.6) is 0 Å². The van der Waals surface area contributed by atoms with Crippen LogP contribution in [-0.4, -0.2) is 18.0 Å². The van der Waals surface area contributed by atoms with E-state index in [0.717, 1.165) is 16.8 Å². The standard InChI is InChI=1S/C18H19N3O2S/c1-14-8-10-17(11-9-14)24(22,23)20-18-19-12-15(2)21(18)13-16-6-4-3-5-7-16/h3-12H,13H2,1-2H3,(H,19,20). The Morgan fingerprint density at radius 2 is 1.67 bits per heavy atom. The maximum absolute atomic E-state index is 12.6. The summed E-state index contributed by atoms with van der Waals surface area (Å²) in [4.78, 5) is 4.44. The predicted octanol–water partition coefficient (Wildman–Crippen LogP) is 3.35. The third-order valence-electron chi connectivity index (χ3n) is 3.80. The number of aryl methyl sites for hydroxylation is 2. The molecule has 0 saturated heterocycles. The molecule has 5 nitrogen and oxygen atoms in total. The van der Waals surface area contributed by atoms with Gasteiger partial charge in [-0.25, -0.2) is 18.1 Å². The Morgan fingerprint density at radius 3 is 2.33 bits per heavy atom. The molecular weight excluding hydrogens is 322 g/mol. The molecule has 0 unspecified atom stereocenters. The zero-order valence-corrected chi connectivity index (χ0v) is 14.4. The highest BCUT2D eigenvalue weighted by atomic mass is 32.2. The van der Waals surface area contributed by atoms with E-state index in [1.807, 2.05) is 48.7 Å². The lowest BCUT2D eigenvalue weighted by Gasteiger charge is -2.12. The van der Waals surface area contributed by atoms with Crippen molar-refractivity contribution in [2.24, 2.45) is 0 Å². The largest absolute Gasteiger partial charge is 0.310 e. The van der Waals surface area contributed by atoms with E-state index in [4.69, 9.17) is 0 Å². The highest BCUT2D eigenvalue weighted by molar-refractivity contribution is 7.92. The second-order valence-corrected chi connectivity index (χ2v) is 7.40. The number of benzene rings is 2. The van der Waals surface area contributed by atoms with Crippen LogP contribution in [-0.2, 0) is 16.6 Å². The molecule has 0 saturated carbocycles. The van der Waals surface area contributed by atoms with Crippen molar-refractivity contribution in [2.75, 3.05) is 4.72 Å². The first-order valence-electron chi connectivity index (χ1n) is 7.61. The Bertz CT molecular complexity index is 930. The molecule has 2 aromatic carbocycles. The van der Waals surface area contributed by atoms with Gasteiger partial charge in [0.2, 0.25) is 5.95 Å². The van der Waals surface area contributed by atoms with Crippen molar-refractivity contribution >= 4 is 16.0 Å². The first kappa shape index (κ1) is 16.3. The third kappa shape index (κ3) is 3.49. The van der Waals surface area contributed by atoms with E-state index in [0.29, 0.717) is 12.5 Å². The van der Waals surface area contributed by atoms with Crippen LogP contribution in [0.25, 0.3) is 0 Å². The molecule has 6 heteroatoms. The number of nitrogens with one attached hydrogen (secondary N) is 1. The van der Waals surface area contributed by atoms with Crippen LogP contribution < -0.4 is 4.72 Å². The minimum absolute atomic E-state index is 0.222. The van der Waals surface area contributed by atoms with Gasteiger partial charge in [0.15, 0.2) is 0 Å². The van der Waals surface area contributed by atoms with Gasteiger partial charge in [-0.15, -0.1) is 0 Å². The summed E-state index contributed by atoms with van der Waals surface area (Å²) in [5, 5.41) is 0. The Balaban J connectivity index is 1.89. The summed E-state index contributed by atoms with van der Waals surface area (Å²) in [5.41, 5.74) is 2.98. The second-order valence-electron chi connectivity index (χ2n) is 5.71. The van der Waals surface area contributed by atoms with Crippen LogP contribution in [0.3, 0.4) is 0 Å². The third-order valence-corrected chi connectivity index (χ3v) is 5.14. The number of hydrogen-bond donors (Lipinski definition) is 1. The zero-order chi connectivity index (χ0) is 17.2. The highest BCUT2D eigenvalue weighted by Gasteiger charge is 2.18. The van der Waals surface area contributed by atoms with E-state index in [1.165, 1.54) is 0 Å². The maximum atomic E-state index is 12.6. The van der Waals surface area contributed by atoms with E-state index in [1.54, 1.807) is 30.5 Å². The smallest absolute Gasteiger partial charge is 0.264 e. The molecular formula is C18H19N3O2S. The molecule has 0 fully saturated rings. The van der Waals surface area contributed by atoms with E-state index >= 15 is 0 Å². The van der Waals surface area contributed by atoms with Crippen molar-refractivity contribution < 1.29 is 8.42 Å². The lowest BCUT2D eigenvalue weighted by Crippen LogP contribution is -2.17. The summed E-state index contributed by atoms with van der Waals surface area (Å²) in [5.74, 6) is 0.317. The first-order chi connectivity index (χ1) is 11.5. The van der Waals surface area contributed by atoms with Gasteiger partial charge in [-0.05, 0) is 31.5 Å². The molecule has 0 aliphatic heterocycles. The molecule has 0 amide bonds. The average Bonchev–Trinajstić information content (AvgIpc) is 2.89. The predicted molar refractivity (Wildman–Crippen MR) is 94.5 cm³/mol. The summed E-state index contributed by atoms with van der Waals surface area (Å²) in [7, 11) is -3.66. The average molecular weight is 341 g/mol. The quantitative estimate of drug-likeness (QED) is 0.774. The molecule has 3 rings (SSSR count). The van der Waals surface area contributed by atoms with E-state index in [-0.39, 0.29) is 4.90 Å². The molecule has 1 N–H and O–H groups in total. The van der Waals surface area contributed by atoms with Gasteiger partial charge in [0.1, 0.15) is 0 Å². The summed E-state index contributed by atoms with van der Waals surface area (Å²) >= 11 is 0. The van der Waals surface area contributed by atoms with Gasteiger partial charge in [-0.2, -0.15) is 0 Å². The molecule has 0 spiro atoms. The van der Waals surface area contributed by atoms with Crippen molar-refractivity contribution in [3.05, 3.63) is 77.6 Å². The Kier molecular flexibility index (Phi) is 4.40. The van der Waals surface area contributed by atoms with Crippen molar-refractivity contribution in [3.8, 4) is 0 Å². The lowest BCUT2D eigenvalue weighted by atomic mass is 10.2. The Labute approximate surface area is 142 Å². The number of anilines is 1. The Morgan fingerprint density at radius 1 is 1.00 bits per heavy atom. The normalized spacial score (nSPS) is 11.4. The maximum Gasteiger partial charge on any atom is 0.264 e. The van der Waals surface area contributed by atoms with Crippen LogP contribution >= 0.6 is 0 Å². The summed E-state index contributed by atoms with van der Waals surface area (Å²) < 4.78 is 29.6. The van der Waals surface area contributed by atoms with E-state index < -0.39 is 10.0 Å². The summed E-state index contributed by atoms with van der Waals surface area (Å²) in [6.07, 6.45) is 1.66. The van der Waals surface area contributed by atoms with Crippen molar-refractivity contribution in [1.29, 1.82) is 0 Å². The number of hydrogen-bond acceptors (Lipinski definition) is 3. The van der Waals surface area contributed by atoms with Crippen LogP contribution in [0.15, 0.2) is 65.7 Å². The highest BCUT2D eigenvalue weighted by Crippen LogP contribution is 2.18. The van der Waals surface area contributed by atoms with Crippen LogP contribution in [0, 0.1) is 13.8 Å². The fraction of sp³-hybridized carbons (Fsp3) is 0.167. The SMILES string of the molecule is Cc1ccc(S(=O)(=O)Nc2ncc(C)n2Cc2ccccc2)cc1. The molecule has 124 valence electrons. The fourth-order valence-electron chi connectivity index (χ4n) is 2.40. The van der Waals surface area contributed by atoms with Gasteiger partial charge >= 0.3 is 0 Å². The number of nitrogens with zero attached hydrogens (tertiary/aromatic N) is 2. The van der Waals surface area contributed by atoms with Gasteiger partial charge in [-0.3, -0.25) is 0 Å². The molecule has 3 aromatic rings. The first-order valence-corrected chi connectivity index (χ1v) is 9.09. The minimum atomic E-state index is -3.66. The van der Waals surface area contributed by atoms with Gasteiger partial charge in [0.25, 0.3) is 10.0 Å². The van der Waals surface area contributed by atoms with Gasteiger partial charge in [0, 0.05) is 5.69 Å². The van der Waals surface area contributed by atoms with E-state index in [9.17, 15) is 8.42 Å². The van der Waals surface area contributed by atoms with Crippen LogP contribution in [0.2, 0.25) is 0 Å². The Hall–Kier alpha value is -2.60. The molecule has 0 aliphatic rings. The number of aromatic nitrogens is 2. The van der Waals surface area contributed by atoms with Crippen molar-refractivity contribution in [3.63, 3.8) is 0 Å². The molecule has 0 radical (unpaired) electrons. The number of imidazole rings is 1. The van der Waals surface area contributed by atoms with Gasteiger partial charge in [-0.1, -0.05) is 48.0 Å². The van der Waals surface area contributed by atoms with Crippen molar-refractivity contribution in [1.82, 2.24) is 9.55 Å². The molecule has 1 aromatic heterocycles. The number of rotatable bonds is 5. The van der Waals surface area contributed by atoms with Gasteiger partial charge < -0.3 is 4.57 Å². The van der Waals surface area contributed by atoms with Crippen LogP contribution in [0.4, 0.5) is 5.95 Å². The molecule has 1 heterocycles. The topological polar surface area (TPSA) is 64.0 Å². The molecule has 0 aliphatic carbocycles. The molecule has 24 heavy (non-hydrogen) atoms. The zero-order valence-electron chi connectivity index (χ0n) is 13.6. The van der Waals surface area contributed by atoms with Crippen LogP contribution in [0.1, 0.15) is 16.8 Å². The monoisotopic (exact) mass is 341 g/mol. The molecule has 0 bridgehead atoms. The van der Waals surface area contributed by atoms with Gasteiger partial charge in [0.05, 0.1) is 17.6 Å². The fourth-order valence-corrected chi connectivity index (χ4v) is 3.42. The second kappa shape index (κ2) is 6.49.